The number of carbonyl (C=O) groups is 1. The number of hydrogen-bond donors (Lipinski definition) is 1. The van der Waals surface area contributed by atoms with Crippen LogP contribution < -0.4 is 0 Å². The van der Waals surface area contributed by atoms with Crippen LogP contribution in [0.4, 0.5) is 0 Å². The van der Waals surface area contributed by atoms with Gasteiger partial charge in [0, 0.05) is 0 Å². The predicted molar refractivity (Wildman–Crippen MR) is 71.1 cm³/mol. The van der Waals surface area contributed by atoms with Crippen LogP contribution in [0.1, 0.15) is 35.6 Å². The van der Waals surface area contributed by atoms with Crippen LogP contribution in [0.25, 0.3) is 0 Å². The molecular weight excluding hydrogens is 242 g/mol. The van der Waals surface area contributed by atoms with Gasteiger partial charge < -0.3 is 5.11 Å². The van der Waals surface area contributed by atoms with Crippen LogP contribution >= 0.6 is 0 Å². The molecule has 1 aromatic heterocycles. The molecule has 0 fully saturated rings. The van der Waals surface area contributed by atoms with Crippen LogP contribution in [0.5, 0.6) is 0 Å². The molecule has 5 nitrogen and oxygen atoms in total. The van der Waals surface area contributed by atoms with E-state index < -0.39 is 5.97 Å². The van der Waals surface area contributed by atoms with Crippen molar-refractivity contribution in [3.63, 3.8) is 0 Å². The van der Waals surface area contributed by atoms with Crippen LogP contribution in [-0.4, -0.2) is 26.1 Å². The van der Waals surface area contributed by atoms with Crippen molar-refractivity contribution < 1.29 is 9.90 Å². The smallest absolute Gasteiger partial charge is 0.358 e. The maximum atomic E-state index is 11.2. The molecule has 0 spiro atoms. The maximum absolute atomic E-state index is 11.2. The fraction of sp³-hybridized carbons (Fsp3) is 0.357. The van der Waals surface area contributed by atoms with Crippen LogP contribution in [-0.2, 0) is 13.0 Å². The van der Waals surface area contributed by atoms with Gasteiger partial charge in [-0.3, -0.25) is 0 Å². The standard InChI is InChI=1S/C14H17N3O2/c1-10(2)8-12-13(14(18)19)15-16-17(12)9-11-6-4-3-5-7-11/h3-7,10H,8-9H2,1-2H3,(H,18,19). The van der Waals surface area contributed by atoms with Crippen molar-refractivity contribution in [2.24, 2.45) is 5.92 Å². The number of hydrogen-bond acceptors (Lipinski definition) is 3. The van der Waals surface area contributed by atoms with E-state index in [0.717, 1.165) is 5.56 Å². The minimum atomic E-state index is -1.02. The lowest BCUT2D eigenvalue weighted by atomic mass is 10.1. The van der Waals surface area contributed by atoms with Gasteiger partial charge in [0.2, 0.25) is 0 Å². The Morgan fingerprint density at radius 2 is 2.00 bits per heavy atom. The number of benzene rings is 1. The van der Waals surface area contributed by atoms with Crippen LogP contribution in [0.15, 0.2) is 30.3 Å². The average Bonchev–Trinajstić information content (AvgIpc) is 2.73. The third-order valence-electron chi connectivity index (χ3n) is 2.82. The summed E-state index contributed by atoms with van der Waals surface area (Å²) in [6.07, 6.45) is 0.654. The molecule has 5 heteroatoms. The van der Waals surface area contributed by atoms with Gasteiger partial charge in [-0.2, -0.15) is 0 Å². The van der Waals surface area contributed by atoms with Crippen molar-refractivity contribution in [1.82, 2.24) is 15.0 Å². The summed E-state index contributed by atoms with van der Waals surface area (Å²) in [6.45, 7) is 4.64. The Morgan fingerprint density at radius 1 is 1.32 bits per heavy atom. The van der Waals surface area contributed by atoms with Crippen molar-refractivity contribution in [1.29, 1.82) is 0 Å². The minimum Gasteiger partial charge on any atom is -0.476 e. The Balaban J connectivity index is 2.32. The quantitative estimate of drug-likeness (QED) is 0.894. The van der Waals surface area contributed by atoms with Crippen molar-refractivity contribution in [2.45, 2.75) is 26.8 Å². The van der Waals surface area contributed by atoms with E-state index in [1.807, 2.05) is 44.2 Å². The van der Waals surface area contributed by atoms with E-state index in [1.165, 1.54) is 0 Å². The zero-order chi connectivity index (χ0) is 13.8. The first-order chi connectivity index (χ1) is 9.08. The minimum absolute atomic E-state index is 0.0598. The summed E-state index contributed by atoms with van der Waals surface area (Å²) in [6, 6.07) is 9.82. The van der Waals surface area contributed by atoms with Crippen molar-refractivity contribution in [3.05, 3.63) is 47.3 Å². The van der Waals surface area contributed by atoms with Crippen molar-refractivity contribution >= 4 is 5.97 Å². The number of aromatic carboxylic acids is 1. The normalized spacial score (nSPS) is 10.9. The SMILES string of the molecule is CC(C)Cc1c(C(=O)O)nnn1Cc1ccccc1. The number of carboxylic acids is 1. The van der Waals surface area contributed by atoms with E-state index >= 15 is 0 Å². The fourth-order valence-corrected chi connectivity index (χ4v) is 1.97. The van der Waals surface area contributed by atoms with Gasteiger partial charge in [-0.05, 0) is 17.9 Å². The number of rotatable bonds is 5. The molecule has 0 bridgehead atoms. The molecule has 0 radical (unpaired) electrons. The summed E-state index contributed by atoms with van der Waals surface area (Å²) in [4.78, 5) is 11.2. The molecule has 0 unspecified atom stereocenters. The highest BCUT2D eigenvalue weighted by Crippen LogP contribution is 2.13. The molecule has 0 aliphatic carbocycles. The molecule has 0 saturated carbocycles. The van der Waals surface area contributed by atoms with Gasteiger partial charge in [0.15, 0.2) is 5.69 Å². The highest BCUT2D eigenvalue weighted by Gasteiger charge is 2.19. The van der Waals surface area contributed by atoms with Crippen LogP contribution in [0, 0.1) is 5.92 Å². The van der Waals surface area contributed by atoms with Crippen LogP contribution in [0.2, 0.25) is 0 Å². The molecule has 1 aromatic carbocycles. The zero-order valence-corrected chi connectivity index (χ0v) is 11.1. The Bertz CT molecular complexity index is 561. The van der Waals surface area contributed by atoms with E-state index in [9.17, 15) is 4.79 Å². The molecule has 0 aliphatic heterocycles. The molecule has 19 heavy (non-hydrogen) atoms. The topological polar surface area (TPSA) is 68.0 Å². The molecule has 0 amide bonds. The summed E-state index contributed by atoms with van der Waals surface area (Å²) in [5.41, 5.74) is 1.82. The second-order valence-corrected chi connectivity index (χ2v) is 4.93. The second kappa shape index (κ2) is 5.65. The van der Waals surface area contributed by atoms with Gasteiger partial charge in [-0.15, -0.1) is 5.10 Å². The highest BCUT2D eigenvalue weighted by atomic mass is 16.4. The van der Waals surface area contributed by atoms with Gasteiger partial charge in [-0.1, -0.05) is 49.4 Å². The monoisotopic (exact) mass is 259 g/mol. The first kappa shape index (κ1) is 13.3. The van der Waals surface area contributed by atoms with Crippen molar-refractivity contribution in [2.75, 3.05) is 0 Å². The highest BCUT2D eigenvalue weighted by molar-refractivity contribution is 5.86. The lowest BCUT2D eigenvalue weighted by Gasteiger charge is -2.09. The Kier molecular flexibility index (Phi) is 3.94. The fourth-order valence-electron chi connectivity index (χ4n) is 1.97. The average molecular weight is 259 g/mol. The zero-order valence-electron chi connectivity index (χ0n) is 11.1. The van der Waals surface area contributed by atoms with Gasteiger partial charge >= 0.3 is 5.97 Å². The van der Waals surface area contributed by atoms with Crippen LogP contribution in [0.3, 0.4) is 0 Å². The van der Waals surface area contributed by atoms with E-state index in [1.54, 1.807) is 4.68 Å². The third kappa shape index (κ3) is 3.19. The Hall–Kier alpha value is -2.17. The van der Waals surface area contributed by atoms with E-state index in [4.69, 9.17) is 5.11 Å². The second-order valence-electron chi connectivity index (χ2n) is 4.93. The number of nitrogens with zero attached hydrogens (tertiary/aromatic N) is 3. The Labute approximate surface area is 111 Å². The van der Waals surface area contributed by atoms with Crippen molar-refractivity contribution in [3.8, 4) is 0 Å². The summed E-state index contributed by atoms with van der Waals surface area (Å²) < 4.78 is 1.68. The summed E-state index contributed by atoms with van der Waals surface area (Å²) >= 11 is 0. The number of carboxylic acid groups (broad SMARTS) is 1. The largest absolute Gasteiger partial charge is 0.476 e. The summed E-state index contributed by atoms with van der Waals surface area (Å²) in [5, 5.41) is 16.9. The summed E-state index contributed by atoms with van der Waals surface area (Å²) in [7, 11) is 0. The molecule has 0 aliphatic rings. The first-order valence-electron chi connectivity index (χ1n) is 6.27. The van der Waals surface area contributed by atoms with E-state index in [-0.39, 0.29) is 5.69 Å². The van der Waals surface area contributed by atoms with E-state index in [2.05, 4.69) is 10.3 Å². The molecule has 100 valence electrons. The molecule has 0 saturated heterocycles. The van der Waals surface area contributed by atoms with Gasteiger partial charge in [0.25, 0.3) is 0 Å². The third-order valence-corrected chi connectivity index (χ3v) is 2.82. The van der Waals surface area contributed by atoms with E-state index in [0.29, 0.717) is 24.6 Å². The Morgan fingerprint density at radius 3 is 2.58 bits per heavy atom. The maximum Gasteiger partial charge on any atom is 0.358 e. The molecule has 2 aromatic rings. The van der Waals surface area contributed by atoms with Gasteiger partial charge in [-0.25, -0.2) is 9.48 Å². The van der Waals surface area contributed by atoms with Gasteiger partial charge in [0.1, 0.15) is 0 Å². The molecular formula is C14H17N3O2. The molecule has 1 heterocycles. The predicted octanol–water partition coefficient (Wildman–Crippen LogP) is 2.22. The molecule has 0 atom stereocenters. The lowest BCUT2D eigenvalue weighted by molar-refractivity contribution is 0.0689. The lowest BCUT2D eigenvalue weighted by Crippen LogP contribution is -2.11. The molecule has 1 N–H and O–H groups in total. The first-order valence-corrected chi connectivity index (χ1v) is 6.27. The summed E-state index contributed by atoms with van der Waals surface area (Å²) in [5.74, 6) is -0.666. The van der Waals surface area contributed by atoms with Gasteiger partial charge in [0.05, 0.1) is 12.2 Å². The number of aromatic nitrogens is 3. The molecule has 2 rings (SSSR count).